The van der Waals surface area contributed by atoms with Crippen molar-refractivity contribution in [2.24, 2.45) is 0 Å². The zero-order valence-electron chi connectivity index (χ0n) is 16.9. The molecule has 2 aromatic rings. The standard InChI is InChI=1S/C22H30O6/c1-4-5-6-7-8-9-10-11-16(19-17(23)12-14(2)27-21(19)25)20-18(24)13-15(3)28-22(20)26/h12-13,16,23-24H,4-11H2,1-3H3. The molecule has 2 aromatic heterocycles. The molecule has 2 N–H and O–H groups in total. The zero-order chi connectivity index (χ0) is 20.7. The second-order valence-electron chi connectivity index (χ2n) is 7.35. The normalized spacial score (nSPS) is 11.3. The van der Waals surface area contributed by atoms with Gasteiger partial charge in [0.15, 0.2) is 0 Å². The number of aryl methyl sites for hydroxylation is 2. The number of aromatic hydroxyl groups is 2. The molecule has 0 aromatic carbocycles. The van der Waals surface area contributed by atoms with Gasteiger partial charge in [-0.2, -0.15) is 0 Å². The minimum Gasteiger partial charge on any atom is -0.507 e. The highest BCUT2D eigenvalue weighted by molar-refractivity contribution is 5.43. The van der Waals surface area contributed by atoms with E-state index in [0.29, 0.717) is 6.42 Å². The van der Waals surface area contributed by atoms with Crippen LogP contribution >= 0.6 is 0 Å². The summed E-state index contributed by atoms with van der Waals surface area (Å²) in [5.74, 6) is -0.700. The molecule has 0 aliphatic rings. The van der Waals surface area contributed by atoms with Crippen LogP contribution in [-0.4, -0.2) is 10.2 Å². The van der Waals surface area contributed by atoms with Crippen molar-refractivity contribution in [1.82, 2.24) is 0 Å². The van der Waals surface area contributed by atoms with Crippen molar-refractivity contribution in [1.29, 1.82) is 0 Å². The quantitative estimate of drug-likeness (QED) is 0.560. The molecule has 2 rings (SSSR count). The Morgan fingerprint density at radius 3 is 1.64 bits per heavy atom. The van der Waals surface area contributed by atoms with Crippen molar-refractivity contribution in [2.75, 3.05) is 0 Å². The Hall–Kier alpha value is -2.50. The molecule has 0 aliphatic carbocycles. The highest BCUT2D eigenvalue weighted by Gasteiger charge is 2.28. The van der Waals surface area contributed by atoms with Gasteiger partial charge in [-0.25, -0.2) is 9.59 Å². The van der Waals surface area contributed by atoms with Crippen molar-refractivity contribution in [3.05, 3.63) is 55.6 Å². The molecule has 154 valence electrons. The van der Waals surface area contributed by atoms with Crippen LogP contribution in [0.15, 0.2) is 30.6 Å². The monoisotopic (exact) mass is 390 g/mol. The molecular weight excluding hydrogens is 360 g/mol. The maximum Gasteiger partial charge on any atom is 0.343 e. The van der Waals surface area contributed by atoms with Gasteiger partial charge >= 0.3 is 11.3 Å². The zero-order valence-corrected chi connectivity index (χ0v) is 16.9. The van der Waals surface area contributed by atoms with Gasteiger partial charge in [-0.3, -0.25) is 0 Å². The van der Waals surface area contributed by atoms with Crippen molar-refractivity contribution in [3.8, 4) is 11.5 Å². The van der Waals surface area contributed by atoms with Crippen LogP contribution in [0.4, 0.5) is 0 Å². The van der Waals surface area contributed by atoms with Gasteiger partial charge in [-0.15, -0.1) is 0 Å². The average Bonchev–Trinajstić information content (AvgIpc) is 2.58. The lowest BCUT2D eigenvalue weighted by Gasteiger charge is -2.18. The van der Waals surface area contributed by atoms with Crippen LogP contribution in [0.5, 0.6) is 11.5 Å². The maximum absolute atomic E-state index is 12.4. The topological polar surface area (TPSA) is 101 Å². The van der Waals surface area contributed by atoms with E-state index in [1.165, 1.54) is 31.4 Å². The van der Waals surface area contributed by atoms with Crippen LogP contribution in [0.2, 0.25) is 0 Å². The van der Waals surface area contributed by atoms with E-state index in [-0.39, 0.29) is 34.1 Å². The van der Waals surface area contributed by atoms with Gasteiger partial charge in [0.25, 0.3) is 0 Å². The predicted octanol–water partition coefficient (Wildman–Crippen LogP) is 4.89. The number of rotatable bonds is 10. The molecule has 0 fully saturated rings. The third kappa shape index (κ3) is 5.50. The Labute approximate surface area is 164 Å². The fraction of sp³-hybridized carbons (Fsp3) is 0.545. The van der Waals surface area contributed by atoms with Gasteiger partial charge in [-0.1, -0.05) is 51.9 Å². The SMILES string of the molecule is CCCCCCCCCC(c1c(O)cc(C)oc1=O)c1c(O)cc(C)oc1=O. The van der Waals surface area contributed by atoms with Crippen LogP contribution in [-0.2, 0) is 0 Å². The molecule has 0 saturated heterocycles. The molecule has 0 unspecified atom stereocenters. The van der Waals surface area contributed by atoms with E-state index in [1.54, 1.807) is 13.8 Å². The summed E-state index contributed by atoms with van der Waals surface area (Å²) in [4.78, 5) is 24.9. The van der Waals surface area contributed by atoms with Gasteiger partial charge in [0.05, 0.1) is 11.1 Å². The summed E-state index contributed by atoms with van der Waals surface area (Å²) in [6.07, 6.45) is 7.93. The molecule has 6 nitrogen and oxygen atoms in total. The Morgan fingerprint density at radius 1 is 0.786 bits per heavy atom. The Kier molecular flexibility index (Phi) is 7.91. The summed E-state index contributed by atoms with van der Waals surface area (Å²) in [5.41, 5.74) is -1.43. The first kappa shape index (κ1) is 21.8. The van der Waals surface area contributed by atoms with Gasteiger partial charge in [0.1, 0.15) is 23.0 Å². The second-order valence-corrected chi connectivity index (χ2v) is 7.35. The highest BCUT2D eigenvalue weighted by atomic mass is 16.4. The molecule has 0 bridgehead atoms. The van der Waals surface area contributed by atoms with Crippen molar-refractivity contribution in [2.45, 2.75) is 78.1 Å². The Balaban J connectivity index is 2.31. The molecule has 0 radical (unpaired) electrons. The number of unbranched alkanes of at least 4 members (excludes halogenated alkanes) is 6. The summed E-state index contributed by atoms with van der Waals surface area (Å²) in [6, 6.07) is 2.70. The van der Waals surface area contributed by atoms with Gasteiger partial charge in [0, 0.05) is 18.1 Å². The Morgan fingerprint density at radius 2 is 1.21 bits per heavy atom. The first-order valence-electron chi connectivity index (χ1n) is 10.0. The molecular formula is C22H30O6. The van der Waals surface area contributed by atoms with E-state index in [0.717, 1.165) is 25.7 Å². The summed E-state index contributed by atoms with van der Waals surface area (Å²) >= 11 is 0. The second kappa shape index (κ2) is 10.2. The van der Waals surface area contributed by atoms with Crippen LogP contribution in [0, 0.1) is 13.8 Å². The lowest BCUT2D eigenvalue weighted by molar-refractivity contribution is 0.394. The maximum atomic E-state index is 12.4. The molecule has 0 atom stereocenters. The fourth-order valence-corrected chi connectivity index (χ4v) is 3.59. The van der Waals surface area contributed by atoms with E-state index < -0.39 is 17.2 Å². The molecule has 6 heteroatoms. The van der Waals surface area contributed by atoms with E-state index in [4.69, 9.17) is 8.83 Å². The molecule has 0 spiro atoms. The average molecular weight is 390 g/mol. The first-order valence-corrected chi connectivity index (χ1v) is 10.0. The van der Waals surface area contributed by atoms with Gasteiger partial charge in [-0.05, 0) is 20.3 Å². The van der Waals surface area contributed by atoms with Crippen molar-refractivity contribution in [3.63, 3.8) is 0 Å². The minimum absolute atomic E-state index is 0.0111. The summed E-state index contributed by atoms with van der Waals surface area (Å²) < 4.78 is 10.3. The molecule has 0 amide bonds. The van der Waals surface area contributed by atoms with E-state index in [9.17, 15) is 19.8 Å². The largest absolute Gasteiger partial charge is 0.507 e. The van der Waals surface area contributed by atoms with Crippen molar-refractivity contribution < 1.29 is 19.0 Å². The van der Waals surface area contributed by atoms with Gasteiger partial charge in [0.2, 0.25) is 0 Å². The third-order valence-electron chi connectivity index (χ3n) is 4.97. The van der Waals surface area contributed by atoms with Crippen LogP contribution < -0.4 is 11.3 Å². The van der Waals surface area contributed by atoms with Crippen LogP contribution in [0.25, 0.3) is 0 Å². The van der Waals surface area contributed by atoms with Crippen LogP contribution in [0.3, 0.4) is 0 Å². The summed E-state index contributed by atoms with van der Waals surface area (Å²) in [6.45, 7) is 5.30. The van der Waals surface area contributed by atoms with Crippen molar-refractivity contribution >= 4 is 0 Å². The summed E-state index contributed by atoms with van der Waals surface area (Å²) in [5, 5.41) is 20.7. The molecule has 28 heavy (non-hydrogen) atoms. The lowest BCUT2D eigenvalue weighted by Crippen LogP contribution is -2.20. The molecule has 0 aliphatic heterocycles. The molecule has 2 heterocycles. The minimum atomic E-state index is -0.788. The Bertz CT molecular complexity index is 827. The van der Waals surface area contributed by atoms with Crippen LogP contribution in [0.1, 0.15) is 86.9 Å². The van der Waals surface area contributed by atoms with E-state index >= 15 is 0 Å². The number of hydrogen-bond acceptors (Lipinski definition) is 6. The van der Waals surface area contributed by atoms with E-state index in [2.05, 4.69) is 6.92 Å². The highest BCUT2D eigenvalue weighted by Crippen LogP contribution is 2.36. The van der Waals surface area contributed by atoms with E-state index in [1.807, 2.05) is 0 Å². The number of hydrogen-bond donors (Lipinski definition) is 2. The fourth-order valence-electron chi connectivity index (χ4n) is 3.59. The lowest BCUT2D eigenvalue weighted by atomic mass is 9.87. The first-order chi connectivity index (χ1) is 13.3. The smallest absolute Gasteiger partial charge is 0.343 e. The third-order valence-corrected chi connectivity index (χ3v) is 4.97. The predicted molar refractivity (Wildman–Crippen MR) is 107 cm³/mol. The van der Waals surface area contributed by atoms with Gasteiger partial charge < -0.3 is 19.0 Å². The molecule has 0 saturated carbocycles. The summed E-state index contributed by atoms with van der Waals surface area (Å²) in [7, 11) is 0.